The van der Waals surface area contributed by atoms with Gasteiger partial charge >= 0.3 is 5.97 Å². The third-order valence-corrected chi connectivity index (χ3v) is 5.82. The average Bonchev–Trinajstić information content (AvgIpc) is 2.81. The van der Waals surface area contributed by atoms with E-state index in [1.165, 1.54) is 23.1 Å². The van der Waals surface area contributed by atoms with Crippen LogP contribution in [0, 0.1) is 5.82 Å². The summed E-state index contributed by atoms with van der Waals surface area (Å²) in [6, 6.07) is 9.15. The number of rotatable bonds is 7. The fourth-order valence-electron chi connectivity index (χ4n) is 4.06. The van der Waals surface area contributed by atoms with E-state index in [0.29, 0.717) is 30.5 Å². The van der Waals surface area contributed by atoms with Crippen LogP contribution in [-0.2, 0) is 17.7 Å². The van der Waals surface area contributed by atoms with Crippen LogP contribution in [0.15, 0.2) is 47.4 Å². The molecule has 1 aliphatic rings. The first-order valence-electron chi connectivity index (χ1n) is 10.9. The molecular weight excluding hydrogens is 413 g/mol. The number of carbonyl (C=O) groups excluding carboxylic acids is 1. The van der Waals surface area contributed by atoms with E-state index in [4.69, 9.17) is 4.74 Å². The van der Waals surface area contributed by atoms with E-state index in [9.17, 15) is 19.1 Å². The number of carbonyl (C=O) groups is 1. The van der Waals surface area contributed by atoms with Gasteiger partial charge in [0.2, 0.25) is 0 Å². The molecule has 1 N–H and O–H groups in total. The van der Waals surface area contributed by atoms with E-state index in [1.54, 1.807) is 30.5 Å². The summed E-state index contributed by atoms with van der Waals surface area (Å²) in [5, 5.41) is 11.0. The van der Waals surface area contributed by atoms with Crippen molar-refractivity contribution in [1.29, 1.82) is 0 Å². The number of ether oxygens (including phenoxy) is 1. The standard InChI is InChI=1S/C24H26FN3O4/c25-18-8-6-17(7-9-18)10-16-32-24(31)20-21(29)19-5-4-11-26-22(19)28(23(20)30)15-14-27-12-2-1-3-13-27/h4-9,11,29H,1-3,10,12-16H2. The number of hydrogen-bond donors (Lipinski definition) is 1. The normalized spacial score (nSPS) is 14.5. The number of nitrogens with zero attached hydrogens (tertiary/aromatic N) is 3. The van der Waals surface area contributed by atoms with Gasteiger partial charge in [0.05, 0.1) is 12.0 Å². The van der Waals surface area contributed by atoms with Gasteiger partial charge in [-0.05, 0) is 55.8 Å². The topological polar surface area (TPSA) is 84.7 Å². The van der Waals surface area contributed by atoms with Crippen LogP contribution in [-0.4, -0.2) is 51.8 Å². The lowest BCUT2D eigenvalue weighted by Crippen LogP contribution is -2.36. The second kappa shape index (κ2) is 9.91. The van der Waals surface area contributed by atoms with Gasteiger partial charge in [0, 0.05) is 25.7 Å². The molecule has 2 aromatic heterocycles. The number of pyridine rings is 2. The number of halogens is 1. The maximum absolute atomic E-state index is 13.2. The first-order chi connectivity index (χ1) is 15.5. The van der Waals surface area contributed by atoms with Gasteiger partial charge in [-0.3, -0.25) is 9.36 Å². The molecule has 8 heteroatoms. The molecule has 3 aromatic rings. The van der Waals surface area contributed by atoms with Crippen LogP contribution in [0.4, 0.5) is 4.39 Å². The lowest BCUT2D eigenvalue weighted by atomic mass is 10.1. The number of esters is 1. The monoisotopic (exact) mass is 439 g/mol. The first kappa shape index (κ1) is 22.0. The Hall–Kier alpha value is -3.26. The zero-order valence-corrected chi connectivity index (χ0v) is 17.8. The van der Waals surface area contributed by atoms with Gasteiger partial charge in [-0.15, -0.1) is 0 Å². The number of piperidine rings is 1. The molecule has 1 aromatic carbocycles. The van der Waals surface area contributed by atoms with Crippen LogP contribution in [0.5, 0.6) is 5.75 Å². The van der Waals surface area contributed by atoms with Crippen LogP contribution in [0.25, 0.3) is 11.0 Å². The van der Waals surface area contributed by atoms with Crippen molar-refractivity contribution in [2.24, 2.45) is 0 Å². The van der Waals surface area contributed by atoms with Gasteiger partial charge in [-0.2, -0.15) is 0 Å². The second-order valence-corrected chi connectivity index (χ2v) is 7.97. The van der Waals surface area contributed by atoms with Gasteiger partial charge in [0.1, 0.15) is 17.2 Å². The van der Waals surface area contributed by atoms with Gasteiger partial charge in [-0.25, -0.2) is 14.2 Å². The number of likely N-dealkylation sites (tertiary alicyclic amines) is 1. The molecule has 0 unspecified atom stereocenters. The molecule has 168 valence electrons. The Labute approximate surface area is 185 Å². The third-order valence-electron chi connectivity index (χ3n) is 5.82. The van der Waals surface area contributed by atoms with Crippen molar-refractivity contribution < 1.29 is 19.0 Å². The van der Waals surface area contributed by atoms with Gasteiger partial charge in [0.25, 0.3) is 5.56 Å². The van der Waals surface area contributed by atoms with E-state index in [-0.39, 0.29) is 18.0 Å². The SMILES string of the molecule is O=C(OCCc1ccc(F)cc1)c1c(O)c2cccnc2n(CCN2CCCCC2)c1=O. The molecule has 0 amide bonds. The highest BCUT2D eigenvalue weighted by Crippen LogP contribution is 2.25. The van der Waals surface area contributed by atoms with Crippen LogP contribution < -0.4 is 5.56 Å². The zero-order valence-electron chi connectivity index (χ0n) is 17.8. The Morgan fingerprint density at radius 3 is 2.59 bits per heavy atom. The zero-order chi connectivity index (χ0) is 22.5. The highest BCUT2D eigenvalue weighted by molar-refractivity contribution is 5.98. The number of benzene rings is 1. The molecule has 0 aliphatic carbocycles. The number of aromatic hydroxyl groups is 1. The van der Waals surface area contributed by atoms with E-state index >= 15 is 0 Å². The number of hydrogen-bond acceptors (Lipinski definition) is 6. The minimum atomic E-state index is -0.882. The highest BCUT2D eigenvalue weighted by Gasteiger charge is 2.24. The molecule has 3 heterocycles. The van der Waals surface area contributed by atoms with Crippen molar-refractivity contribution in [2.75, 3.05) is 26.2 Å². The van der Waals surface area contributed by atoms with Crippen molar-refractivity contribution in [3.8, 4) is 5.75 Å². The summed E-state index contributed by atoms with van der Waals surface area (Å²) in [5.41, 5.74) is 0.140. The third kappa shape index (κ3) is 4.80. The Balaban J connectivity index is 1.56. The Morgan fingerprint density at radius 1 is 1.09 bits per heavy atom. The summed E-state index contributed by atoms with van der Waals surface area (Å²) >= 11 is 0. The Morgan fingerprint density at radius 2 is 1.84 bits per heavy atom. The van der Waals surface area contributed by atoms with E-state index < -0.39 is 17.3 Å². The summed E-state index contributed by atoms with van der Waals surface area (Å²) in [6.45, 7) is 2.99. The minimum Gasteiger partial charge on any atom is -0.506 e. The van der Waals surface area contributed by atoms with Crippen molar-refractivity contribution >= 4 is 17.0 Å². The second-order valence-electron chi connectivity index (χ2n) is 7.97. The number of fused-ring (bicyclic) bond motifs is 1. The molecule has 0 saturated carbocycles. The van der Waals surface area contributed by atoms with Crippen molar-refractivity contribution in [3.63, 3.8) is 0 Å². The summed E-state index contributed by atoms with van der Waals surface area (Å²) in [4.78, 5) is 32.5. The predicted octanol–water partition coefficient (Wildman–Crippen LogP) is 3.13. The fourth-order valence-corrected chi connectivity index (χ4v) is 4.06. The lowest BCUT2D eigenvalue weighted by molar-refractivity contribution is 0.0503. The maximum Gasteiger partial charge on any atom is 0.347 e. The minimum absolute atomic E-state index is 0.00218. The van der Waals surface area contributed by atoms with E-state index in [1.807, 2.05) is 0 Å². The molecule has 1 fully saturated rings. The van der Waals surface area contributed by atoms with Crippen molar-refractivity contribution in [2.45, 2.75) is 32.2 Å². The fraction of sp³-hybridized carbons (Fsp3) is 0.375. The lowest BCUT2D eigenvalue weighted by Gasteiger charge is -2.26. The number of aromatic nitrogens is 2. The van der Waals surface area contributed by atoms with E-state index in [0.717, 1.165) is 31.5 Å². The van der Waals surface area contributed by atoms with Crippen LogP contribution in [0.1, 0.15) is 35.2 Å². The van der Waals surface area contributed by atoms with Crippen LogP contribution in [0.3, 0.4) is 0 Å². The molecule has 0 radical (unpaired) electrons. The van der Waals surface area contributed by atoms with Gasteiger partial charge in [0.15, 0.2) is 5.56 Å². The molecule has 0 spiro atoms. The quantitative estimate of drug-likeness (QED) is 0.570. The molecule has 0 bridgehead atoms. The van der Waals surface area contributed by atoms with Crippen molar-refractivity contribution in [3.05, 3.63) is 69.9 Å². The molecule has 7 nitrogen and oxygen atoms in total. The molecule has 32 heavy (non-hydrogen) atoms. The van der Waals surface area contributed by atoms with Gasteiger partial charge in [-0.1, -0.05) is 18.6 Å². The predicted molar refractivity (Wildman–Crippen MR) is 118 cm³/mol. The highest BCUT2D eigenvalue weighted by atomic mass is 19.1. The van der Waals surface area contributed by atoms with Gasteiger partial charge < -0.3 is 14.7 Å². The molecule has 1 aliphatic heterocycles. The molecule has 4 rings (SSSR count). The Kier molecular flexibility index (Phi) is 6.80. The van der Waals surface area contributed by atoms with Crippen LogP contribution in [0.2, 0.25) is 0 Å². The summed E-state index contributed by atoms with van der Waals surface area (Å²) in [6.07, 6.45) is 5.41. The Bertz CT molecular complexity index is 1150. The summed E-state index contributed by atoms with van der Waals surface area (Å²) in [5.74, 6) is -1.64. The van der Waals surface area contributed by atoms with Crippen LogP contribution >= 0.6 is 0 Å². The smallest absolute Gasteiger partial charge is 0.347 e. The first-order valence-corrected chi connectivity index (χ1v) is 10.9. The summed E-state index contributed by atoms with van der Waals surface area (Å²) < 4.78 is 19.8. The summed E-state index contributed by atoms with van der Waals surface area (Å²) in [7, 11) is 0. The van der Waals surface area contributed by atoms with Crippen molar-refractivity contribution in [1.82, 2.24) is 14.5 Å². The average molecular weight is 439 g/mol. The van der Waals surface area contributed by atoms with E-state index in [2.05, 4.69) is 9.88 Å². The largest absolute Gasteiger partial charge is 0.506 e. The molecule has 1 saturated heterocycles. The molecule has 0 atom stereocenters. The maximum atomic E-state index is 13.2. The molecular formula is C24H26FN3O4.